The second-order valence-corrected chi connectivity index (χ2v) is 8.00. The van der Waals surface area contributed by atoms with Crippen LogP contribution in [0.1, 0.15) is 33.6 Å². The predicted octanol–water partition coefficient (Wildman–Crippen LogP) is 0.723. The van der Waals surface area contributed by atoms with E-state index in [-0.39, 0.29) is 24.1 Å². The number of hydrogen-bond acceptors (Lipinski definition) is 4. The third-order valence-corrected chi connectivity index (χ3v) is 5.14. The third-order valence-electron chi connectivity index (χ3n) is 3.27. The Kier molecular flexibility index (Phi) is 6.78. The van der Waals surface area contributed by atoms with Gasteiger partial charge < -0.3 is 11.1 Å². The number of carbonyl (C=O) groups is 1. The minimum atomic E-state index is -3.32. The fraction of sp³-hybridized carbons (Fsp3) is 0.917. The molecule has 0 radical (unpaired) electrons. The maximum atomic E-state index is 11.8. The molecule has 0 aromatic carbocycles. The van der Waals surface area contributed by atoms with Gasteiger partial charge in [-0.25, -0.2) is 8.42 Å². The van der Waals surface area contributed by atoms with E-state index < -0.39 is 27.0 Å². The molecule has 1 rings (SSSR count). The van der Waals surface area contributed by atoms with Crippen molar-refractivity contribution in [3.63, 3.8) is 0 Å². The lowest BCUT2D eigenvalue weighted by Crippen LogP contribution is -2.54. The molecule has 19 heavy (non-hydrogen) atoms. The molecule has 1 saturated carbocycles. The highest BCUT2D eigenvalue weighted by Crippen LogP contribution is 2.38. The highest BCUT2D eigenvalue weighted by atomic mass is 35.5. The Balaban J connectivity index is 0.00000324. The van der Waals surface area contributed by atoms with Crippen LogP contribution in [0.3, 0.4) is 0 Å². The molecule has 114 valence electrons. The molecule has 0 spiro atoms. The Morgan fingerprint density at radius 3 is 2.32 bits per heavy atom. The minimum Gasteiger partial charge on any atom is -0.349 e. The quantitative estimate of drug-likeness (QED) is 0.725. The summed E-state index contributed by atoms with van der Waals surface area (Å²) >= 11 is 0. The molecule has 0 aromatic rings. The standard InChI is InChI=1S/C12H24N2O3S.ClH/c1-9(2)6-18(16,17)7-11(15)14-12(3,8-13)10-4-5-10;/h9-10H,4-8,13H2,1-3H3,(H,14,15);1H. The minimum absolute atomic E-state index is 0. The van der Waals surface area contributed by atoms with E-state index in [1.54, 1.807) is 0 Å². The van der Waals surface area contributed by atoms with Crippen molar-refractivity contribution in [2.45, 2.75) is 39.2 Å². The van der Waals surface area contributed by atoms with E-state index in [9.17, 15) is 13.2 Å². The molecule has 1 atom stereocenters. The van der Waals surface area contributed by atoms with Crippen molar-refractivity contribution in [2.75, 3.05) is 18.1 Å². The van der Waals surface area contributed by atoms with E-state index >= 15 is 0 Å². The van der Waals surface area contributed by atoms with Crippen molar-refractivity contribution in [3.05, 3.63) is 0 Å². The SMILES string of the molecule is CC(C)CS(=O)(=O)CC(=O)NC(C)(CN)C1CC1.Cl. The van der Waals surface area contributed by atoms with Gasteiger partial charge in [-0.05, 0) is 31.6 Å². The van der Waals surface area contributed by atoms with Gasteiger partial charge in [0.1, 0.15) is 5.75 Å². The lowest BCUT2D eigenvalue weighted by Gasteiger charge is -2.29. The molecule has 1 aliphatic carbocycles. The zero-order valence-corrected chi connectivity index (χ0v) is 13.4. The van der Waals surface area contributed by atoms with Crippen LogP contribution in [0.4, 0.5) is 0 Å². The number of nitrogens with one attached hydrogen (secondary N) is 1. The molecule has 0 saturated heterocycles. The van der Waals surface area contributed by atoms with Crippen LogP contribution < -0.4 is 11.1 Å². The van der Waals surface area contributed by atoms with Crippen LogP contribution in [0.2, 0.25) is 0 Å². The van der Waals surface area contributed by atoms with Crippen LogP contribution in [0, 0.1) is 11.8 Å². The molecule has 1 unspecified atom stereocenters. The second kappa shape index (κ2) is 6.90. The van der Waals surface area contributed by atoms with Crippen molar-refractivity contribution in [2.24, 2.45) is 17.6 Å². The van der Waals surface area contributed by atoms with Gasteiger partial charge in [-0.3, -0.25) is 4.79 Å². The summed E-state index contributed by atoms with van der Waals surface area (Å²) in [4.78, 5) is 11.8. The number of hydrogen-bond donors (Lipinski definition) is 2. The molecule has 0 aliphatic heterocycles. The zero-order valence-electron chi connectivity index (χ0n) is 11.8. The molecule has 1 fully saturated rings. The van der Waals surface area contributed by atoms with E-state index in [1.807, 2.05) is 20.8 Å². The first-order valence-electron chi connectivity index (χ1n) is 6.40. The normalized spacial score (nSPS) is 18.6. The molecule has 0 bridgehead atoms. The van der Waals surface area contributed by atoms with Crippen molar-refractivity contribution in [3.8, 4) is 0 Å². The summed E-state index contributed by atoms with van der Waals surface area (Å²) in [5, 5.41) is 2.79. The van der Waals surface area contributed by atoms with Crippen LogP contribution >= 0.6 is 12.4 Å². The number of sulfone groups is 1. The monoisotopic (exact) mass is 312 g/mol. The van der Waals surface area contributed by atoms with Gasteiger partial charge in [0.25, 0.3) is 0 Å². The number of amides is 1. The van der Waals surface area contributed by atoms with Gasteiger partial charge in [-0.1, -0.05) is 13.8 Å². The van der Waals surface area contributed by atoms with Gasteiger partial charge in [-0.2, -0.15) is 0 Å². The van der Waals surface area contributed by atoms with Gasteiger partial charge in [0, 0.05) is 6.54 Å². The summed E-state index contributed by atoms with van der Waals surface area (Å²) in [7, 11) is -3.32. The van der Waals surface area contributed by atoms with Crippen molar-refractivity contribution in [1.29, 1.82) is 0 Å². The van der Waals surface area contributed by atoms with Crippen LogP contribution in [0.5, 0.6) is 0 Å². The number of halogens is 1. The first kappa shape index (κ1) is 18.7. The first-order valence-corrected chi connectivity index (χ1v) is 8.22. The molecule has 0 heterocycles. The summed E-state index contributed by atoms with van der Waals surface area (Å²) < 4.78 is 23.4. The lowest BCUT2D eigenvalue weighted by atomic mass is 9.96. The van der Waals surface area contributed by atoms with Crippen LogP contribution in [0.15, 0.2) is 0 Å². The number of nitrogens with two attached hydrogens (primary N) is 1. The zero-order chi connectivity index (χ0) is 14.0. The van der Waals surface area contributed by atoms with Crippen molar-refractivity contribution < 1.29 is 13.2 Å². The fourth-order valence-corrected chi connectivity index (χ4v) is 3.77. The molecule has 0 aromatic heterocycles. The highest BCUT2D eigenvalue weighted by Gasteiger charge is 2.41. The van der Waals surface area contributed by atoms with Crippen LogP contribution in [0.25, 0.3) is 0 Å². The summed E-state index contributed by atoms with van der Waals surface area (Å²) in [6.07, 6.45) is 2.10. The van der Waals surface area contributed by atoms with E-state index in [0.717, 1.165) is 12.8 Å². The number of rotatable bonds is 7. The summed E-state index contributed by atoms with van der Waals surface area (Å²) in [6, 6.07) is 0. The van der Waals surface area contributed by atoms with Gasteiger partial charge in [-0.15, -0.1) is 12.4 Å². The lowest BCUT2D eigenvalue weighted by molar-refractivity contribution is -0.120. The molecular formula is C12H25ClN2O3S. The summed E-state index contributed by atoms with van der Waals surface area (Å²) in [6.45, 7) is 5.87. The van der Waals surface area contributed by atoms with E-state index in [1.165, 1.54) is 0 Å². The Morgan fingerprint density at radius 2 is 1.95 bits per heavy atom. The molecule has 5 nitrogen and oxygen atoms in total. The van der Waals surface area contributed by atoms with Gasteiger partial charge in [0.15, 0.2) is 9.84 Å². The highest BCUT2D eigenvalue weighted by molar-refractivity contribution is 7.92. The van der Waals surface area contributed by atoms with Gasteiger partial charge in [0.2, 0.25) is 5.91 Å². The fourth-order valence-electron chi connectivity index (χ4n) is 2.16. The van der Waals surface area contributed by atoms with E-state index in [0.29, 0.717) is 12.5 Å². The maximum absolute atomic E-state index is 11.8. The summed E-state index contributed by atoms with van der Waals surface area (Å²) in [5.41, 5.74) is 5.22. The molecule has 1 amide bonds. The van der Waals surface area contributed by atoms with Crippen molar-refractivity contribution >= 4 is 28.2 Å². The summed E-state index contributed by atoms with van der Waals surface area (Å²) in [5.74, 6) is -0.404. The Bertz CT molecular complexity index is 407. The largest absolute Gasteiger partial charge is 0.349 e. The topological polar surface area (TPSA) is 89.3 Å². The van der Waals surface area contributed by atoms with Gasteiger partial charge in [0.05, 0.1) is 11.3 Å². The van der Waals surface area contributed by atoms with Crippen molar-refractivity contribution in [1.82, 2.24) is 5.32 Å². The molecule has 1 aliphatic rings. The number of carbonyl (C=O) groups excluding carboxylic acids is 1. The Labute approximate surface area is 122 Å². The molecule has 7 heteroatoms. The maximum Gasteiger partial charge on any atom is 0.235 e. The van der Waals surface area contributed by atoms with Crippen LogP contribution in [-0.4, -0.2) is 37.9 Å². The smallest absolute Gasteiger partial charge is 0.235 e. The molecular weight excluding hydrogens is 288 g/mol. The van der Waals surface area contributed by atoms with E-state index in [2.05, 4.69) is 5.32 Å². The van der Waals surface area contributed by atoms with Crippen LogP contribution in [-0.2, 0) is 14.6 Å². The van der Waals surface area contributed by atoms with Gasteiger partial charge >= 0.3 is 0 Å². The third kappa shape index (κ3) is 6.10. The second-order valence-electron chi connectivity index (χ2n) is 5.89. The van der Waals surface area contributed by atoms with E-state index in [4.69, 9.17) is 5.73 Å². The average molecular weight is 313 g/mol. The Morgan fingerprint density at radius 1 is 1.42 bits per heavy atom. The average Bonchev–Trinajstić information content (AvgIpc) is 2.96. The predicted molar refractivity (Wildman–Crippen MR) is 79.1 cm³/mol. The molecule has 3 N–H and O–H groups in total. The Hall–Kier alpha value is -0.330. The first-order chi connectivity index (χ1) is 8.18.